The van der Waals surface area contributed by atoms with E-state index in [4.69, 9.17) is 0 Å². The fourth-order valence-electron chi connectivity index (χ4n) is 7.64. The summed E-state index contributed by atoms with van der Waals surface area (Å²) < 4.78 is 0. The fourth-order valence-corrected chi connectivity index (χ4v) is 7.64. The third kappa shape index (κ3) is 3.51. The second kappa shape index (κ2) is 8.09. The molecular formula is C36H37N. The molecule has 4 aromatic carbocycles. The molecule has 3 unspecified atom stereocenters. The normalized spacial score (nSPS) is 23.8. The van der Waals surface area contributed by atoms with Crippen molar-refractivity contribution in [3.8, 4) is 22.3 Å². The molecule has 0 radical (unpaired) electrons. The van der Waals surface area contributed by atoms with Gasteiger partial charge in [0, 0.05) is 22.8 Å². The Morgan fingerprint density at radius 2 is 1.46 bits per heavy atom. The number of rotatable bonds is 2. The molecule has 3 aliphatic rings. The van der Waals surface area contributed by atoms with Gasteiger partial charge < -0.3 is 4.90 Å². The summed E-state index contributed by atoms with van der Waals surface area (Å²) in [5.74, 6) is 1.29. The van der Waals surface area contributed by atoms with E-state index in [0.717, 1.165) is 12.3 Å². The van der Waals surface area contributed by atoms with Crippen molar-refractivity contribution in [2.45, 2.75) is 64.8 Å². The maximum Gasteiger partial charge on any atom is 0.0492 e. The molecule has 1 fully saturated rings. The van der Waals surface area contributed by atoms with E-state index in [2.05, 4.69) is 124 Å². The lowest BCUT2D eigenvalue weighted by Crippen LogP contribution is -2.48. The second-order valence-electron chi connectivity index (χ2n) is 12.9. The summed E-state index contributed by atoms with van der Waals surface area (Å²) in [6.07, 6.45) is 4.83. The van der Waals surface area contributed by atoms with Crippen molar-refractivity contribution in [1.82, 2.24) is 0 Å². The Morgan fingerprint density at radius 1 is 0.757 bits per heavy atom. The molecule has 0 spiro atoms. The second-order valence-corrected chi connectivity index (χ2v) is 12.9. The molecule has 3 atom stereocenters. The summed E-state index contributed by atoms with van der Waals surface area (Å²) in [5, 5.41) is 0. The first-order valence-electron chi connectivity index (χ1n) is 14.0. The third-order valence-corrected chi connectivity index (χ3v) is 9.79. The minimum atomic E-state index is 0.115. The lowest BCUT2D eigenvalue weighted by atomic mass is 9.62. The Labute approximate surface area is 222 Å². The molecule has 1 nitrogen and oxygen atoms in total. The van der Waals surface area contributed by atoms with Gasteiger partial charge in [-0.3, -0.25) is 0 Å². The predicted octanol–water partition coefficient (Wildman–Crippen LogP) is 9.76. The van der Waals surface area contributed by atoms with Gasteiger partial charge in [0.05, 0.1) is 0 Å². The highest BCUT2D eigenvalue weighted by Crippen LogP contribution is 2.60. The van der Waals surface area contributed by atoms with E-state index in [9.17, 15) is 0 Å². The molecule has 37 heavy (non-hydrogen) atoms. The van der Waals surface area contributed by atoms with E-state index >= 15 is 0 Å². The maximum absolute atomic E-state index is 2.68. The minimum Gasteiger partial charge on any atom is -0.335 e. The molecule has 1 heteroatoms. The van der Waals surface area contributed by atoms with Crippen LogP contribution in [-0.4, -0.2) is 5.54 Å². The van der Waals surface area contributed by atoms with Crippen LogP contribution in [0, 0.1) is 11.3 Å². The monoisotopic (exact) mass is 483 g/mol. The number of hydrogen-bond donors (Lipinski definition) is 0. The molecule has 0 N–H and O–H groups in total. The smallest absolute Gasteiger partial charge is 0.0492 e. The quantitative estimate of drug-likeness (QED) is 0.241. The van der Waals surface area contributed by atoms with Gasteiger partial charge in [0.2, 0.25) is 0 Å². The van der Waals surface area contributed by atoms with Gasteiger partial charge in [0.15, 0.2) is 0 Å². The van der Waals surface area contributed by atoms with Crippen molar-refractivity contribution in [1.29, 1.82) is 0 Å². The average Bonchev–Trinajstić information content (AvgIpc) is 3.39. The molecule has 7 rings (SSSR count). The van der Waals surface area contributed by atoms with Gasteiger partial charge in [-0.1, -0.05) is 87.5 Å². The zero-order valence-electron chi connectivity index (χ0n) is 22.6. The lowest BCUT2D eigenvalue weighted by Gasteiger charge is -2.49. The topological polar surface area (TPSA) is 3.24 Å². The van der Waals surface area contributed by atoms with Crippen molar-refractivity contribution < 1.29 is 0 Å². The Balaban J connectivity index is 1.33. The summed E-state index contributed by atoms with van der Waals surface area (Å²) >= 11 is 0. The van der Waals surface area contributed by atoms with Gasteiger partial charge in [-0.15, -0.1) is 0 Å². The highest BCUT2D eigenvalue weighted by Gasteiger charge is 2.52. The van der Waals surface area contributed by atoms with Crippen molar-refractivity contribution in [3.05, 3.63) is 108 Å². The number of benzene rings is 4. The van der Waals surface area contributed by atoms with Crippen LogP contribution in [0.15, 0.2) is 91.0 Å². The average molecular weight is 484 g/mol. The lowest BCUT2D eigenvalue weighted by molar-refractivity contribution is 0.127. The zero-order valence-corrected chi connectivity index (χ0v) is 22.6. The van der Waals surface area contributed by atoms with Crippen LogP contribution in [0.4, 0.5) is 11.4 Å². The maximum atomic E-state index is 2.68. The van der Waals surface area contributed by atoms with Gasteiger partial charge in [0.1, 0.15) is 0 Å². The molecule has 4 aromatic rings. The largest absolute Gasteiger partial charge is 0.335 e. The number of fused-ring (bicyclic) bond motifs is 6. The molecular weight excluding hydrogens is 446 g/mol. The Hall–Kier alpha value is -3.32. The first-order valence-corrected chi connectivity index (χ1v) is 14.0. The van der Waals surface area contributed by atoms with Crippen LogP contribution < -0.4 is 4.90 Å². The van der Waals surface area contributed by atoms with Crippen LogP contribution in [-0.2, 0) is 6.42 Å². The van der Waals surface area contributed by atoms with Gasteiger partial charge in [-0.25, -0.2) is 0 Å². The highest BCUT2D eigenvalue weighted by atomic mass is 15.2. The summed E-state index contributed by atoms with van der Waals surface area (Å²) in [5.41, 5.74) is 13.2. The van der Waals surface area contributed by atoms with Crippen molar-refractivity contribution >= 4 is 11.4 Å². The Morgan fingerprint density at radius 3 is 2.27 bits per heavy atom. The standard InChI is InChI=1S/C36H37N/c1-35(2,3)28-18-19-36(4)33(23-28)32-22-25(15-17-34(32)37(36)29-11-6-5-7-12-29)24-14-16-31-27(20-24)21-26-10-8-9-13-30(26)31/h5-17,20,22,28,33H,18-19,21,23H2,1-4H3. The Bertz CT molecular complexity index is 1490. The van der Waals surface area contributed by atoms with Gasteiger partial charge in [-0.05, 0) is 107 Å². The number of anilines is 2. The van der Waals surface area contributed by atoms with Gasteiger partial charge in [0.25, 0.3) is 0 Å². The summed E-state index contributed by atoms with van der Waals surface area (Å²) in [6.45, 7) is 9.83. The molecule has 1 aliphatic heterocycles. The van der Waals surface area contributed by atoms with Crippen LogP contribution in [0.5, 0.6) is 0 Å². The van der Waals surface area contributed by atoms with Gasteiger partial charge >= 0.3 is 0 Å². The first-order chi connectivity index (χ1) is 17.8. The molecule has 2 aliphatic carbocycles. The van der Waals surface area contributed by atoms with Crippen molar-refractivity contribution in [3.63, 3.8) is 0 Å². The molecule has 0 saturated heterocycles. The molecule has 1 heterocycles. The minimum absolute atomic E-state index is 0.115. The van der Waals surface area contributed by atoms with Crippen molar-refractivity contribution in [2.75, 3.05) is 4.90 Å². The highest BCUT2D eigenvalue weighted by molar-refractivity contribution is 5.82. The number of hydrogen-bond acceptors (Lipinski definition) is 1. The zero-order chi connectivity index (χ0) is 25.4. The van der Waals surface area contributed by atoms with Crippen molar-refractivity contribution in [2.24, 2.45) is 11.3 Å². The summed E-state index contributed by atoms with van der Waals surface area (Å²) in [6, 6.07) is 34.4. The number of nitrogens with zero attached hydrogens (tertiary/aromatic N) is 1. The van der Waals surface area contributed by atoms with Crippen LogP contribution in [0.25, 0.3) is 22.3 Å². The molecule has 186 valence electrons. The van der Waals surface area contributed by atoms with Crippen LogP contribution in [0.3, 0.4) is 0 Å². The van der Waals surface area contributed by atoms with E-state index in [1.165, 1.54) is 64.0 Å². The first kappa shape index (κ1) is 22.8. The SMILES string of the molecule is CC(C)(C)C1CCC2(C)C(C1)c1cc(-c3ccc4c(c3)Cc3ccccc3-4)ccc1N2c1ccccc1. The van der Waals surface area contributed by atoms with Crippen LogP contribution in [0.2, 0.25) is 0 Å². The Kier molecular flexibility index (Phi) is 4.99. The molecule has 0 amide bonds. The number of para-hydroxylation sites is 1. The summed E-state index contributed by atoms with van der Waals surface area (Å²) in [7, 11) is 0. The fraction of sp³-hybridized carbons (Fsp3) is 0.333. The van der Waals surface area contributed by atoms with E-state index in [1.54, 1.807) is 5.56 Å². The van der Waals surface area contributed by atoms with Crippen LogP contribution in [0.1, 0.15) is 69.6 Å². The van der Waals surface area contributed by atoms with E-state index in [1.807, 2.05) is 0 Å². The van der Waals surface area contributed by atoms with E-state index < -0.39 is 0 Å². The predicted molar refractivity (Wildman–Crippen MR) is 157 cm³/mol. The van der Waals surface area contributed by atoms with E-state index in [0.29, 0.717) is 11.3 Å². The molecule has 0 aromatic heterocycles. The van der Waals surface area contributed by atoms with Gasteiger partial charge in [-0.2, -0.15) is 0 Å². The van der Waals surface area contributed by atoms with Crippen LogP contribution >= 0.6 is 0 Å². The molecule has 0 bridgehead atoms. The van der Waals surface area contributed by atoms with E-state index in [-0.39, 0.29) is 5.54 Å². The molecule has 1 saturated carbocycles. The summed E-state index contributed by atoms with van der Waals surface area (Å²) in [4.78, 5) is 2.68. The third-order valence-electron chi connectivity index (χ3n) is 9.79.